The third-order valence-electron chi connectivity index (χ3n) is 4.83. The highest BCUT2D eigenvalue weighted by molar-refractivity contribution is 6.32. The normalized spacial score (nSPS) is 10.8. The van der Waals surface area contributed by atoms with Crippen LogP contribution >= 0.6 is 11.6 Å². The highest BCUT2D eigenvalue weighted by atomic mass is 35.5. The van der Waals surface area contributed by atoms with Crippen LogP contribution in [0, 0.1) is 13.8 Å². The molecule has 0 aliphatic rings. The molecule has 0 N–H and O–H groups in total. The van der Waals surface area contributed by atoms with Gasteiger partial charge in [-0.2, -0.15) is 5.10 Å². The van der Waals surface area contributed by atoms with Crippen LogP contribution in [0.2, 0.25) is 5.02 Å². The van der Waals surface area contributed by atoms with Crippen molar-refractivity contribution in [1.82, 2.24) is 9.78 Å². The van der Waals surface area contributed by atoms with Gasteiger partial charge >= 0.3 is 0 Å². The Morgan fingerprint density at radius 2 is 1.81 bits per heavy atom. The number of benzene rings is 1. The predicted octanol–water partition coefficient (Wildman–Crippen LogP) is 6.01. The second kappa shape index (κ2) is 8.75. The molecule has 0 bridgehead atoms. The van der Waals surface area contributed by atoms with Gasteiger partial charge in [-0.05, 0) is 76.8 Å². The molecule has 5 heteroatoms. The minimum absolute atomic E-state index is 0.0738. The van der Waals surface area contributed by atoms with E-state index in [-0.39, 0.29) is 5.78 Å². The van der Waals surface area contributed by atoms with Crippen molar-refractivity contribution in [2.45, 2.75) is 61.4 Å². The standard InChI is InChI=1S/C22H29ClN2O2/c1-8-12-27-22-20(16(7)24-25(22)9-2)21(26)17-10-11-18(23)19(15(17)6)14(5)13(3)4/h10-11H,8-9,12H2,1-7H3. The SMILES string of the molecule is CCCOc1c(C(=O)c2ccc(Cl)c(C(C)=C(C)C)c2C)c(C)nn1CC. The van der Waals surface area contributed by atoms with E-state index in [0.29, 0.717) is 40.9 Å². The largest absolute Gasteiger partial charge is 0.477 e. The zero-order valence-electron chi connectivity index (χ0n) is 17.4. The summed E-state index contributed by atoms with van der Waals surface area (Å²) in [7, 11) is 0. The molecule has 0 radical (unpaired) electrons. The van der Waals surface area contributed by atoms with Crippen molar-refractivity contribution < 1.29 is 9.53 Å². The zero-order valence-corrected chi connectivity index (χ0v) is 18.1. The fraction of sp³-hybridized carbons (Fsp3) is 0.455. The van der Waals surface area contributed by atoms with Crippen LogP contribution in [0.25, 0.3) is 5.57 Å². The first-order chi connectivity index (χ1) is 12.7. The summed E-state index contributed by atoms with van der Waals surface area (Å²) in [6.45, 7) is 15.2. The lowest BCUT2D eigenvalue weighted by Gasteiger charge is -2.15. The summed E-state index contributed by atoms with van der Waals surface area (Å²) in [5.74, 6) is 0.479. The van der Waals surface area contributed by atoms with Gasteiger partial charge in [0, 0.05) is 17.1 Å². The topological polar surface area (TPSA) is 44.1 Å². The van der Waals surface area contributed by atoms with E-state index in [0.717, 1.165) is 23.1 Å². The fourth-order valence-electron chi connectivity index (χ4n) is 3.15. The molecule has 1 heterocycles. The van der Waals surface area contributed by atoms with Crippen LogP contribution in [0.5, 0.6) is 5.88 Å². The number of aromatic nitrogens is 2. The summed E-state index contributed by atoms with van der Waals surface area (Å²) in [6, 6.07) is 3.60. The number of nitrogens with zero attached hydrogens (tertiary/aromatic N) is 2. The minimum Gasteiger partial charge on any atom is -0.477 e. The Labute approximate surface area is 167 Å². The van der Waals surface area contributed by atoms with Crippen LogP contribution < -0.4 is 4.74 Å². The minimum atomic E-state index is -0.0738. The van der Waals surface area contributed by atoms with E-state index in [1.54, 1.807) is 16.8 Å². The summed E-state index contributed by atoms with van der Waals surface area (Å²) in [6.07, 6.45) is 0.867. The molecule has 0 saturated heterocycles. The summed E-state index contributed by atoms with van der Waals surface area (Å²) in [5.41, 5.74) is 5.94. The molecule has 0 aliphatic heterocycles. The Hall–Kier alpha value is -2.07. The quantitative estimate of drug-likeness (QED) is 0.546. The van der Waals surface area contributed by atoms with Crippen molar-refractivity contribution in [3.8, 4) is 5.88 Å². The summed E-state index contributed by atoms with van der Waals surface area (Å²) in [4.78, 5) is 13.5. The number of carbonyl (C=O) groups is 1. The van der Waals surface area contributed by atoms with Gasteiger partial charge in [0.25, 0.3) is 0 Å². The number of carbonyl (C=O) groups excluding carboxylic acids is 1. The van der Waals surface area contributed by atoms with E-state index in [9.17, 15) is 4.79 Å². The van der Waals surface area contributed by atoms with E-state index in [1.165, 1.54) is 5.57 Å². The Balaban J connectivity index is 2.65. The molecule has 0 amide bonds. The number of ether oxygens (including phenoxy) is 1. The average molecular weight is 389 g/mol. The Morgan fingerprint density at radius 3 is 2.37 bits per heavy atom. The fourth-order valence-corrected chi connectivity index (χ4v) is 3.50. The number of aryl methyl sites for hydroxylation is 2. The lowest BCUT2D eigenvalue weighted by molar-refractivity contribution is 0.103. The molecule has 0 fully saturated rings. The maximum absolute atomic E-state index is 13.5. The summed E-state index contributed by atoms with van der Waals surface area (Å²) >= 11 is 6.46. The number of ketones is 1. The predicted molar refractivity (Wildman–Crippen MR) is 112 cm³/mol. The molecular formula is C22H29ClN2O2. The Morgan fingerprint density at radius 1 is 1.15 bits per heavy atom. The summed E-state index contributed by atoms with van der Waals surface area (Å²) in [5, 5.41) is 5.16. The van der Waals surface area contributed by atoms with Crippen molar-refractivity contribution >= 4 is 23.0 Å². The highest BCUT2D eigenvalue weighted by Crippen LogP contribution is 2.34. The van der Waals surface area contributed by atoms with Gasteiger partial charge in [-0.3, -0.25) is 4.79 Å². The van der Waals surface area contributed by atoms with E-state index in [1.807, 2.05) is 48.5 Å². The molecule has 27 heavy (non-hydrogen) atoms. The van der Waals surface area contributed by atoms with Gasteiger partial charge in [0.1, 0.15) is 5.56 Å². The molecule has 0 aliphatic carbocycles. The van der Waals surface area contributed by atoms with Crippen LogP contribution in [0.15, 0.2) is 17.7 Å². The first-order valence-corrected chi connectivity index (χ1v) is 9.80. The monoisotopic (exact) mass is 388 g/mol. The molecule has 1 aromatic carbocycles. The second-order valence-corrected chi connectivity index (χ2v) is 7.39. The third-order valence-corrected chi connectivity index (χ3v) is 5.15. The molecule has 2 rings (SSSR count). The molecule has 0 atom stereocenters. The molecular weight excluding hydrogens is 360 g/mol. The first-order valence-electron chi connectivity index (χ1n) is 9.42. The van der Waals surface area contributed by atoms with Crippen LogP contribution in [-0.4, -0.2) is 22.2 Å². The molecule has 1 aromatic heterocycles. The smallest absolute Gasteiger partial charge is 0.223 e. The molecule has 146 valence electrons. The van der Waals surface area contributed by atoms with E-state index in [2.05, 4.69) is 5.10 Å². The van der Waals surface area contributed by atoms with Gasteiger partial charge < -0.3 is 4.74 Å². The number of rotatable bonds is 7. The van der Waals surface area contributed by atoms with E-state index >= 15 is 0 Å². The van der Waals surface area contributed by atoms with Crippen molar-refractivity contribution in [2.75, 3.05) is 6.61 Å². The van der Waals surface area contributed by atoms with Gasteiger partial charge in [-0.15, -0.1) is 0 Å². The molecule has 0 spiro atoms. The highest BCUT2D eigenvalue weighted by Gasteiger charge is 2.26. The van der Waals surface area contributed by atoms with Gasteiger partial charge in [-0.1, -0.05) is 24.1 Å². The van der Waals surface area contributed by atoms with Gasteiger partial charge in [0.15, 0.2) is 0 Å². The second-order valence-electron chi connectivity index (χ2n) is 6.98. The Bertz CT molecular complexity index is 890. The van der Waals surface area contributed by atoms with Crippen LogP contribution in [0.4, 0.5) is 0 Å². The maximum atomic E-state index is 13.5. The van der Waals surface area contributed by atoms with Crippen LogP contribution in [0.3, 0.4) is 0 Å². The van der Waals surface area contributed by atoms with Crippen molar-refractivity contribution in [3.05, 3.63) is 50.7 Å². The van der Waals surface area contributed by atoms with E-state index in [4.69, 9.17) is 16.3 Å². The lowest BCUT2D eigenvalue weighted by atomic mass is 9.91. The van der Waals surface area contributed by atoms with Gasteiger partial charge in [-0.25, -0.2) is 4.68 Å². The van der Waals surface area contributed by atoms with Crippen LogP contribution in [0.1, 0.15) is 73.8 Å². The third kappa shape index (κ3) is 4.11. The Kier molecular flexibility index (Phi) is 6.88. The van der Waals surface area contributed by atoms with Gasteiger partial charge in [0.05, 0.1) is 12.3 Å². The van der Waals surface area contributed by atoms with Gasteiger partial charge in [0.2, 0.25) is 11.7 Å². The number of halogens is 1. The van der Waals surface area contributed by atoms with Crippen molar-refractivity contribution in [1.29, 1.82) is 0 Å². The van der Waals surface area contributed by atoms with Crippen LogP contribution in [-0.2, 0) is 6.54 Å². The number of allylic oxidation sites excluding steroid dienone is 2. The molecule has 0 saturated carbocycles. The summed E-state index contributed by atoms with van der Waals surface area (Å²) < 4.78 is 7.65. The van der Waals surface area contributed by atoms with Crippen molar-refractivity contribution in [2.24, 2.45) is 0 Å². The number of hydrogen-bond donors (Lipinski definition) is 0. The molecule has 4 nitrogen and oxygen atoms in total. The number of hydrogen-bond acceptors (Lipinski definition) is 3. The first kappa shape index (κ1) is 21.2. The molecule has 2 aromatic rings. The van der Waals surface area contributed by atoms with E-state index < -0.39 is 0 Å². The lowest BCUT2D eigenvalue weighted by Crippen LogP contribution is -2.11. The maximum Gasteiger partial charge on any atom is 0.223 e. The van der Waals surface area contributed by atoms with Crippen molar-refractivity contribution in [3.63, 3.8) is 0 Å². The zero-order chi connectivity index (χ0) is 20.3. The molecule has 0 unspecified atom stereocenters. The average Bonchev–Trinajstić information content (AvgIpc) is 2.94.